The summed E-state index contributed by atoms with van der Waals surface area (Å²) in [4.78, 5) is 4.63. The first kappa shape index (κ1) is 12.3. The smallest absolute Gasteiger partial charge is 0.198 e. The molecular weight excluding hydrogens is 234 g/mol. The first-order valence-corrected chi connectivity index (χ1v) is 6.08. The molecule has 0 aliphatic carbocycles. The van der Waals surface area contributed by atoms with Gasteiger partial charge in [0.25, 0.3) is 0 Å². The highest BCUT2D eigenvalue weighted by molar-refractivity contribution is 7.71. The van der Waals surface area contributed by atoms with E-state index >= 15 is 0 Å². The van der Waals surface area contributed by atoms with Gasteiger partial charge < -0.3 is 4.57 Å². The minimum absolute atomic E-state index is 0.747. The largest absolute Gasteiger partial charge is 0.310 e. The molecule has 0 saturated carbocycles. The van der Waals surface area contributed by atoms with Gasteiger partial charge in [0.15, 0.2) is 4.77 Å². The van der Waals surface area contributed by atoms with Crippen molar-refractivity contribution in [3.8, 4) is 12.3 Å². The average molecular weight is 251 g/mol. The lowest BCUT2D eigenvalue weighted by atomic mass is 10.3. The first-order valence-electron chi connectivity index (χ1n) is 5.67. The number of piperazine rings is 1. The van der Waals surface area contributed by atoms with Gasteiger partial charge in [0.2, 0.25) is 0 Å². The second-order valence-electron chi connectivity index (χ2n) is 4.26. The highest BCUT2D eigenvalue weighted by Crippen LogP contribution is 2.03. The molecule has 0 atom stereocenters. The minimum atomic E-state index is 0.747. The lowest BCUT2D eigenvalue weighted by molar-refractivity contribution is 0.111. The molecule has 0 N–H and O–H groups in total. The van der Waals surface area contributed by atoms with Crippen molar-refractivity contribution < 1.29 is 0 Å². The molecule has 0 radical (unpaired) electrons. The number of aryl methyl sites for hydroxylation is 1. The number of hydrogen-bond acceptors (Lipinski definition) is 4. The molecule has 92 valence electrons. The molecule has 0 spiro atoms. The summed E-state index contributed by atoms with van der Waals surface area (Å²) in [6.45, 7) is 5.58. The van der Waals surface area contributed by atoms with Crippen molar-refractivity contribution in [1.82, 2.24) is 24.1 Å². The third-order valence-corrected chi connectivity index (χ3v) is 3.50. The van der Waals surface area contributed by atoms with Gasteiger partial charge in [-0.1, -0.05) is 5.92 Å². The maximum absolute atomic E-state index is 5.30. The first-order chi connectivity index (χ1) is 8.20. The number of hydrogen-bond donors (Lipinski definition) is 0. The van der Waals surface area contributed by atoms with Crippen LogP contribution in [0.2, 0.25) is 0 Å². The quantitative estimate of drug-likeness (QED) is 0.565. The van der Waals surface area contributed by atoms with Crippen LogP contribution in [0.3, 0.4) is 0 Å². The Morgan fingerprint density at radius 1 is 1.35 bits per heavy atom. The normalized spacial score (nSPS) is 18.1. The topological polar surface area (TPSA) is 29.2 Å². The Bertz CT molecular complexity index is 461. The number of rotatable bonds is 3. The molecule has 1 fully saturated rings. The molecule has 0 unspecified atom stereocenters. The van der Waals surface area contributed by atoms with Crippen LogP contribution in [-0.2, 0) is 13.7 Å². The van der Waals surface area contributed by atoms with Crippen LogP contribution in [0.5, 0.6) is 0 Å². The van der Waals surface area contributed by atoms with E-state index in [1.54, 1.807) is 6.33 Å². The van der Waals surface area contributed by atoms with Crippen LogP contribution in [0.4, 0.5) is 0 Å². The van der Waals surface area contributed by atoms with Crippen LogP contribution in [-0.4, -0.2) is 56.9 Å². The fraction of sp³-hybridized carbons (Fsp3) is 0.636. The van der Waals surface area contributed by atoms with Gasteiger partial charge >= 0.3 is 0 Å². The third-order valence-electron chi connectivity index (χ3n) is 3.00. The van der Waals surface area contributed by atoms with Crippen LogP contribution in [0, 0.1) is 17.1 Å². The van der Waals surface area contributed by atoms with Crippen LogP contribution < -0.4 is 0 Å². The molecule has 6 heteroatoms. The summed E-state index contributed by atoms with van der Waals surface area (Å²) in [6.07, 6.45) is 7.05. The van der Waals surface area contributed by atoms with Crippen molar-refractivity contribution in [2.75, 3.05) is 32.7 Å². The Morgan fingerprint density at radius 2 is 2.00 bits per heavy atom. The molecule has 17 heavy (non-hydrogen) atoms. The van der Waals surface area contributed by atoms with E-state index in [9.17, 15) is 0 Å². The van der Waals surface area contributed by atoms with Gasteiger partial charge in [-0.2, -0.15) is 5.10 Å². The molecule has 1 aromatic heterocycles. The Hall–Kier alpha value is -1.16. The van der Waals surface area contributed by atoms with Crippen molar-refractivity contribution in [3.63, 3.8) is 0 Å². The summed E-state index contributed by atoms with van der Waals surface area (Å²) in [7, 11) is 1.91. The Kier molecular flexibility index (Phi) is 3.94. The molecule has 0 amide bonds. The van der Waals surface area contributed by atoms with Gasteiger partial charge in [0.1, 0.15) is 6.33 Å². The molecule has 1 aliphatic rings. The van der Waals surface area contributed by atoms with Crippen molar-refractivity contribution >= 4 is 12.2 Å². The summed E-state index contributed by atoms with van der Waals surface area (Å²) in [6, 6.07) is 0. The fourth-order valence-electron chi connectivity index (χ4n) is 1.93. The number of nitrogens with zero attached hydrogens (tertiary/aromatic N) is 5. The molecule has 2 rings (SSSR count). The predicted molar refractivity (Wildman–Crippen MR) is 68.9 cm³/mol. The second-order valence-corrected chi connectivity index (χ2v) is 4.63. The summed E-state index contributed by atoms with van der Waals surface area (Å²) in [5.74, 6) is 2.68. The lowest BCUT2D eigenvalue weighted by Crippen LogP contribution is -2.46. The molecule has 1 aromatic rings. The second kappa shape index (κ2) is 5.45. The number of terminal acetylenes is 1. The SMILES string of the molecule is C#CCN1CCN(Cn2ncn(C)c2=S)CC1. The average Bonchev–Trinajstić information content (AvgIpc) is 2.64. The maximum atomic E-state index is 5.30. The van der Waals surface area contributed by atoms with Crippen LogP contribution in [0.25, 0.3) is 0 Å². The summed E-state index contributed by atoms with van der Waals surface area (Å²) in [5.41, 5.74) is 0. The number of aromatic nitrogens is 3. The van der Waals surface area contributed by atoms with E-state index in [4.69, 9.17) is 18.6 Å². The van der Waals surface area contributed by atoms with Gasteiger partial charge in [-0.3, -0.25) is 9.80 Å². The van der Waals surface area contributed by atoms with Crippen LogP contribution in [0.15, 0.2) is 6.33 Å². The summed E-state index contributed by atoms with van der Waals surface area (Å²) in [5, 5.41) is 4.25. The van der Waals surface area contributed by atoms with E-state index < -0.39 is 0 Å². The monoisotopic (exact) mass is 251 g/mol. The fourth-order valence-corrected chi connectivity index (χ4v) is 2.08. The highest BCUT2D eigenvalue weighted by Gasteiger charge is 2.16. The van der Waals surface area contributed by atoms with Gasteiger partial charge in [0, 0.05) is 33.2 Å². The highest BCUT2D eigenvalue weighted by atomic mass is 32.1. The van der Waals surface area contributed by atoms with Crippen molar-refractivity contribution in [1.29, 1.82) is 0 Å². The summed E-state index contributed by atoms with van der Waals surface area (Å²) < 4.78 is 4.46. The summed E-state index contributed by atoms with van der Waals surface area (Å²) >= 11 is 5.26. The van der Waals surface area contributed by atoms with E-state index in [1.807, 2.05) is 16.3 Å². The van der Waals surface area contributed by atoms with Gasteiger partial charge in [-0.25, -0.2) is 4.68 Å². The molecular formula is C11H17N5S. The Morgan fingerprint density at radius 3 is 2.53 bits per heavy atom. The third kappa shape index (κ3) is 2.94. The van der Waals surface area contributed by atoms with Crippen molar-refractivity contribution in [2.24, 2.45) is 7.05 Å². The molecule has 2 heterocycles. The maximum Gasteiger partial charge on any atom is 0.198 e. The minimum Gasteiger partial charge on any atom is -0.310 e. The standard InChI is InChI=1S/C11H17N5S/c1-3-4-14-5-7-15(8-6-14)10-16-11(17)13(2)9-12-16/h1,9H,4-8,10H2,2H3. The molecule has 5 nitrogen and oxygen atoms in total. The molecule has 1 saturated heterocycles. The zero-order valence-electron chi connectivity index (χ0n) is 10.0. The van der Waals surface area contributed by atoms with Gasteiger partial charge in [-0.05, 0) is 12.2 Å². The van der Waals surface area contributed by atoms with Crippen molar-refractivity contribution in [3.05, 3.63) is 11.1 Å². The molecule has 0 aromatic carbocycles. The van der Waals surface area contributed by atoms with E-state index in [0.717, 1.165) is 44.2 Å². The zero-order chi connectivity index (χ0) is 12.3. The molecule has 0 bridgehead atoms. The van der Waals surface area contributed by atoms with E-state index in [-0.39, 0.29) is 0 Å². The van der Waals surface area contributed by atoms with Gasteiger partial charge in [0.05, 0.1) is 13.2 Å². The van der Waals surface area contributed by atoms with E-state index in [2.05, 4.69) is 20.8 Å². The van der Waals surface area contributed by atoms with Crippen LogP contribution >= 0.6 is 12.2 Å². The Balaban J connectivity index is 1.88. The Labute approximate surface area is 107 Å². The zero-order valence-corrected chi connectivity index (χ0v) is 10.9. The van der Waals surface area contributed by atoms with E-state index in [1.165, 1.54) is 0 Å². The lowest BCUT2D eigenvalue weighted by Gasteiger charge is -2.33. The predicted octanol–water partition coefficient (Wildman–Crippen LogP) is 0.159. The molecule has 1 aliphatic heterocycles. The van der Waals surface area contributed by atoms with E-state index in [0.29, 0.717) is 0 Å². The van der Waals surface area contributed by atoms with Crippen molar-refractivity contribution in [2.45, 2.75) is 6.67 Å². The van der Waals surface area contributed by atoms with Gasteiger partial charge in [-0.15, -0.1) is 6.42 Å². The van der Waals surface area contributed by atoms with Crippen LogP contribution in [0.1, 0.15) is 0 Å².